The van der Waals surface area contributed by atoms with E-state index < -0.39 is 0 Å². The molecule has 0 N–H and O–H groups in total. The van der Waals surface area contributed by atoms with Crippen LogP contribution in [0.15, 0.2) is 5.16 Å². The summed E-state index contributed by atoms with van der Waals surface area (Å²) in [5.41, 5.74) is 0. The molecule has 2 saturated carbocycles. The topological polar surface area (TPSA) is 30.7 Å². The van der Waals surface area contributed by atoms with Crippen LogP contribution in [-0.4, -0.2) is 20.5 Å². The molecule has 0 radical (unpaired) electrons. The zero-order chi connectivity index (χ0) is 11.8. The van der Waals surface area contributed by atoms with Gasteiger partial charge in [0.1, 0.15) is 0 Å². The van der Waals surface area contributed by atoms with E-state index >= 15 is 0 Å². The summed E-state index contributed by atoms with van der Waals surface area (Å²) in [6.07, 6.45) is 6.50. The number of rotatable bonds is 6. The number of alkyl halides is 1. The predicted octanol–water partition coefficient (Wildman–Crippen LogP) is 3.40. The minimum Gasteiger partial charge on any atom is -0.308 e. The van der Waals surface area contributed by atoms with Gasteiger partial charge in [0.2, 0.25) is 0 Å². The van der Waals surface area contributed by atoms with E-state index in [1.807, 2.05) is 18.8 Å². The predicted molar refractivity (Wildman–Crippen MR) is 70.4 cm³/mol. The Labute approximate surface area is 111 Å². The number of hydrogen-bond acceptors (Lipinski definition) is 3. The first kappa shape index (κ1) is 11.8. The molecule has 1 aromatic rings. The Morgan fingerprint density at radius 1 is 1.29 bits per heavy atom. The van der Waals surface area contributed by atoms with Crippen molar-refractivity contribution in [1.82, 2.24) is 14.8 Å². The van der Waals surface area contributed by atoms with Crippen molar-refractivity contribution in [2.24, 2.45) is 18.9 Å². The first-order chi connectivity index (χ1) is 8.24. The van der Waals surface area contributed by atoms with Crippen molar-refractivity contribution >= 4 is 23.4 Å². The molecule has 1 unspecified atom stereocenters. The van der Waals surface area contributed by atoms with Crippen molar-refractivity contribution in [2.75, 3.05) is 5.75 Å². The summed E-state index contributed by atoms with van der Waals surface area (Å²) in [5.74, 6) is 3.87. The van der Waals surface area contributed by atoms with Crippen LogP contribution in [0.25, 0.3) is 0 Å². The van der Waals surface area contributed by atoms with E-state index in [9.17, 15) is 0 Å². The fourth-order valence-electron chi connectivity index (χ4n) is 1.95. The maximum Gasteiger partial charge on any atom is 0.191 e. The van der Waals surface area contributed by atoms with Crippen molar-refractivity contribution < 1.29 is 0 Å². The molecule has 0 amide bonds. The zero-order valence-electron chi connectivity index (χ0n) is 10.1. The molecule has 1 atom stereocenters. The molecule has 0 aromatic carbocycles. The van der Waals surface area contributed by atoms with Crippen molar-refractivity contribution in [1.29, 1.82) is 0 Å². The highest BCUT2D eigenvalue weighted by molar-refractivity contribution is 7.99. The molecule has 5 heteroatoms. The Bertz CT molecular complexity index is 398. The van der Waals surface area contributed by atoms with Gasteiger partial charge in [0.15, 0.2) is 11.0 Å². The maximum absolute atomic E-state index is 6.40. The van der Waals surface area contributed by atoms with Gasteiger partial charge in [0.05, 0.1) is 5.38 Å². The van der Waals surface area contributed by atoms with Crippen LogP contribution in [0, 0.1) is 11.8 Å². The largest absolute Gasteiger partial charge is 0.308 e. The number of halogens is 1. The molecule has 0 saturated heterocycles. The number of thioether (sulfide) groups is 1. The third kappa shape index (κ3) is 2.97. The molecule has 2 fully saturated rings. The molecule has 1 heterocycles. The van der Waals surface area contributed by atoms with Gasteiger partial charge >= 0.3 is 0 Å². The van der Waals surface area contributed by atoms with Crippen molar-refractivity contribution in [3.05, 3.63) is 5.82 Å². The van der Waals surface area contributed by atoms with Gasteiger partial charge in [0, 0.05) is 12.8 Å². The number of aromatic nitrogens is 3. The maximum atomic E-state index is 6.40. The highest BCUT2D eigenvalue weighted by Gasteiger charge is 2.28. The smallest absolute Gasteiger partial charge is 0.191 e. The molecule has 0 spiro atoms. The van der Waals surface area contributed by atoms with Crippen molar-refractivity contribution in [2.45, 2.75) is 42.6 Å². The minimum atomic E-state index is 0.0373. The number of nitrogens with zero attached hydrogens (tertiary/aromatic N) is 3. The standard InChI is InChI=1S/C12H18ClN3S/c1-16-11(10(13)6-8-2-3-8)14-15-12(16)17-7-9-4-5-9/h8-10H,2-7H2,1H3. The average molecular weight is 272 g/mol. The molecule has 94 valence electrons. The molecular formula is C12H18ClN3S. The van der Waals surface area contributed by atoms with Gasteiger partial charge in [-0.3, -0.25) is 0 Å². The average Bonchev–Trinajstić information content (AvgIpc) is 3.19. The van der Waals surface area contributed by atoms with E-state index in [0.717, 1.165) is 29.2 Å². The Morgan fingerprint density at radius 3 is 2.65 bits per heavy atom. The van der Waals surface area contributed by atoms with E-state index in [1.54, 1.807) is 0 Å². The fourth-order valence-corrected chi connectivity index (χ4v) is 3.50. The molecule has 3 nitrogen and oxygen atoms in total. The van der Waals surface area contributed by atoms with Gasteiger partial charge in [-0.05, 0) is 31.1 Å². The Morgan fingerprint density at radius 2 is 2.00 bits per heavy atom. The van der Waals surface area contributed by atoms with Gasteiger partial charge in [-0.25, -0.2) is 0 Å². The molecule has 1 aromatic heterocycles. The summed E-state index contributed by atoms with van der Waals surface area (Å²) in [6.45, 7) is 0. The minimum absolute atomic E-state index is 0.0373. The van der Waals surface area contributed by atoms with Gasteiger partial charge in [-0.1, -0.05) is 24.6 Å². The monoisotopic (exact) mass is 271 g/mol. The van der Waals surface area contributed by atoms with Crippen LogP contribution < -0.4 is 0 Å². The van der Waals surface area contributed by atoms with E-state index in [1.165, 1.54) is 31.4 Å². The van der Waals surface area contributed by atoms with Crippen LogP contribution >= 0.6 is 23.4 Å². The van der Waals surface area contributed by atoms with Crippen molar-refractivity contribution in [3.63, 3.8) is 0 Å². The summed E-state index contributed by atoms with van der Waals surface area (Å²) in [7, 11) is 2.03. The van der Waals surface area contributed by atoms with Gasteiger partial charge in [0.25, 0.3) is 0 Å². The Hall–Kier alpha value is -0.220. The molecule has 0 bridgehead atoms. The fraction of sp³-hybridized carbons (Fsp3) is 0.833. The van der Waals surface area contributed by atoms with Gasteiger partial charge < -0.3 is 4.57 Å². The molecule has 2 aliphatic rings. The highest BCUT2D eigenvalue weighted by atomic mass is 35.5. The lowest BCUT2D eigenvalue weighted by molar-refractivity contribution is 0.638. The summed E-state index contributed by atoms with van der Waals surface area (Å²) >= 11 is 8.22. The second-order valence-corrected chi connectivity index (χ2v) is 6.81. The third-order valence-electron chi connectivity index (χ3n) is 3.53. The lowest BCUT2D eigenvalue weighted by atomic mass is 10.2. The van der Waals surface area contributed by atoms with E-state index in [-0.39, 0.29) is 5.38 Å². The van der Waals surface area contributed by atoms with Crippen LogP contribution in [-0.2, 0) is 7.05 Å². The van der Waals surface area contributed by atoms with E-state index in [0.29, 0.717) is 0 Å². The second-order valence-electron chi connectivity index (χ2n) is 5.30. The number of hydrogen-bond donors (Lipinski definition) is 0. The van der Waals surface area contributed by atoms with Gasteiger partial charge in [-0.2, -0.15) is 0 Å². The van der Waals surface area contributed by atoms with Crippen LogP contribution in [0.3, 0.4) is 0 Å². The molecule has 0 aliphatic heterocycles. The second kappa shape index (κ2) is 4.81. The quantitative estimate of drug-likeness (QED) is 0.587. The van der Waals surface area contributed by atoms with E-state index in [4.69, 9.17) is 11.6 Å². The Balaban J connectivity index is 1.62. The van der Waals surface area contributed by atoms with Crippen LogP contribution in [0.5, 0.6) is 0 Å². The summed E-state index contributed by atoms with van der Waals surface area (Å²) in [4.78, 5) is 0. The SMILES string of the molecule is Cn1c(SCC2CC2)nnc1C(Cl)CC1CC1. The summed E-state index contributed by atoms with van der Waals surface area (Å²) < 4.78 is 2.08. The summed E-state index contributed by atoms with van der Waals surface area (Å²) in [5, 5.41) is 9.57. The van der Waals surface area contributed by atoms with Crippen LogP contribution in [0.1, 0.15) is 43.3 Å². The molecule has 3 rings (SSSR count). The normalized spacial score (nSPS) is 21.8. The molecule has 17 heavy (non-hydrogen) atoms. The van der Waals surface area contributed by atoms with Crippen LogP contribution in [0.4, 0.5) is 0 Å². The highest BCUT2D eigenvalue weighted by Crippen LogP contribution is 2.40. The Kier molecular flexibility index (Phi) is 3.35. The molecule has 2 aliphatic carbocycles. The van der Waals surface area contributed by atoms with Crippen molar-refractivity contribution in [3.8, 4) is 0 Å². The van der Waals surface area contributed by atoms with Crippen LogP contribution in [0.2, 0.25) is 0 Å². The lowest BCUT2D eigenvalue weighted by Crippen LogP contribution is -2.03. The first-order valence-electron chi connectivity index (χ1n) is 6.40. The van der Waals surface area contributed by atoms with E-state index in [2.05, 4.69) is 14.8 Å². The first-order valence-corrected chi connectivity index (χ1v) is 7.82. The lowest BCUT2D eigenvalue weighted by Gasteiger charge is -2.08. The molecular weight excluding hydrogens is 254 g/mol. The summed E-state index contributed by atoms with van der Waals surface area (Å²) in [6, 6.07) is 0. The van der Waals surface area contributed by atoms with Gasteiger partial charge in [-0.15, -0.1) is 21.8 Å². The third-order valence-corrected chi connectivity index (χ3v) is 5.16. The zero-order valence-corrected chi connectivity index (χ0v) is 11.7.